The van der Waals surface area contributed by atoms with E-state index in [1.54, 1.807) is 23.9 Å². The first kappa shape index (κ1) is 17.6. The van der Waals surface area contributed by atoms with Crippen LogP contribution in [0.1, 0.15) is 18.4 Å². The van der Waals surface area contributed by atoms with Gasteiger partial charge in [-0.2, -0.15) is 4.31 Å². The molecule has 3 rings (SSSR count). The normalized spacial score (nSPS) is 18.9. The average Bonchev–Trinajstić information content (AvgIpc) is 3.04. The standard InChI is InChI=1S/C16H21N5O3S/c1-12-5-6-14(17-8-12)19-16(22)13-4-3-7-21(9-13)25(23,24)15-10-20(2)11-18-15/h5-6,8,10-11,13H,3-4,7,9H2,1-2H3,(H,17,19,22). The lowest BCUT2D eigenvalue weighted by molar-refractivity contribution is -0.120. The van der Waals surface area contributed by atoms with Crippen LogP contribution in [0.5, 0.6) is 0 Å². The van der Waals surface area contributed by atoms with Crippen LogP contribution < -0.4 is 5.32 Å². The van der Waals surface area contributed by atoms with Gasteiger partial charge in [0.2, 0.25) is 5.91 Å². The fourth-order valence-electron chi connectivity index (χ4n) is 2.80. The molecule has 1 saturated heterocycles. The first-order valence-electron chi connectivity index (χ1n) is 8.08. The molecule has 1 atom stereocenters. The van der Waals surface area contributed by atoms with Gasteiger partial charge in [-0.1, -0.05) is 6.07 Å². The Kier molecular flexibility index (Phi) is 4.87. The molecule has 8 nitrogen and oxygen atoms in total. The number of nitrogens with zero attached hydrogens (tertiary/aromatic N) is 4. The van der Waals surface area contributed by atoms with Gasteiger partial charge in [-0.05, 0) is 31.4 Å². The van der Waals surface area contributed by atoms with Crippen LogP contribution >= 0.6 is 0 Å². The number of carbonyl (C=O) groups excluding carboxylic acids is 1. The zero-order chi connectivity index (χ0) is 18.0. The van der Waals surface area contributed by atoms with Crippen molar-refractivity contribution in [2.24, 2.45) is 13.0 Å². The molecule has 0 spiro atoms. The molecule has 1 aliphatic heterocycles. The van der Waals surface area contributed by atoms with Gasteiger partial charge in [-0.25, -0.2) is 18.4 Å². The van der Waals surface area contributed by atoms with Crippen molar-refractivity contribution in [3.8, 4) is 0 Å². The molecule has 9 heteroatoms. The number of carbonyl (C=O) groups is 1. The van der Waals surface area contributed by atoms with E-state index in [0.717, 1.165) is 5.56 Å². The number of nitrogens with one attached hydrogen (secondary N) is 1. The van der Waals surface area contributed by atoms with Gasteiger partial charge in [0.05, 0.1) is 12.2 Å². The molecule has 1 aliphatic rings. The number of anilines is 1. The largest absolute Gasteiger partial charge is 0.339 e. The van der Waals surface area contributed by atoms with Crippen molar-refractivity contribution < 1.29 is 13.2 Å². The predicted octanol–water partition coefficient (Wildman–Crippen LogP) is 1.16. The van der Waals surface area contributed by atoms with Crippen molar-refractivity contribution in [3.05, 3.63) is 36.4 Å². The number of aryl methyl sites for hydroxylation is 2. The van der Waals surface area contributed by atoms with E-state index in [1.807, 2.05) is 13.0 Å². The molecule has 1 N–H and O–H groups in total. The molecule has 0 aromatic carbocycles. The molecule has 0 saturated carbocycles. The Hall–Kier alpha value is -2.26. The maximum Gasteiger partial charge on any atom is 0.262 e. The number of aromatic nitrogens is 3. The van der Waals surface area contributed by atoms with Gasteiger partial charge in [0.1, 0.15) is 5.82 Å². The zero-order valence-corrected chi connectivity index (χ0v) is 15.0. The molecule has 0 radical (unpaired) electrons. The Balaban J connectivity index is 1.70. The van der Waals surface area contributed by atoms with Crippen molar-refractivity contribution in [3.63, 3.8) is 0 Å². The predicted molar refractivity (Wildman–Crippen MR) is 92.3 cm³/mol. The van der Waals surface area contributed by atoms with Crippen molar-refractivity contribution >= 4 is 21.7 Å². The van der Waals surface area contributed by atoms with E-state index >= 15 is 0 Å². The van der Waals surface area contributed by atoms with Crippen molar-refractivity contribution in [2.45, 2.75) is 24.8 Å². The molecular weight excluding hydrogens is 342 g/mol. The van der Waals surface area contributed by atoms with Crippen LogP contribution in [0.3, 0.4) is 0 Å². The first-order chi connectivity index (χ1) is 11.9. The summed E-state index contributed by atoms with van der Waals surface area (Å²) in [7, 11) is -1.97. The molecule has 3 heterocycles. The lowest BCUT2D eigenvalue weighted by Crippen LogP contribution is -2.43. The lowest BCUT2D eigenvalue weighted by atomic mass is 9.99. The minimum Gasteiger partial charge on any atom is -0.339 e. The van der Waals surface area contributed by atoms with Crippen molar-refractivity contribution in [1.82, 2.24) is 18.8 Å². The molecule has 0 bridgehead atoms. The highest BCUT2D eigenvalue weighted by Crippen LogP contribution is 2.23. The minimum absolute atomic E-state index is 0.0104. The summed E-state index contributed by atoms with van der Waals surface area (Å²) in [4.78, 5) is 20.6. The number of piperidine rings is 1. The maximum absolute atomic E-state index is 12.7. The highest BCUT2D eigenvalue weighted by molar-refractivity contribution is 7.89. The van der Waals surface area contributed by atoms with Crippen LogP contribution in [-0.2, 0) is 21.9 Å². The molecule has 134 valence electrons. The topological polar surface area (TPSA) is 97.2 Å². The molecule has 0 aliphatic carbocycles. The Labute approximate surface area is 146 Å². The summed E-state index contributed by atoms with van der Waals surface area (Å²) in [5.41, 5.74) is 1.00. The molecule has 2 aromatic heterocycles. The second-order valence-electron chi connectivity index (χ2n) is 6.29. The number of amides is 1. The summed E-state index contributed by atoms with van der Waals surface area (Å²) >= 11 is 0. The second-order valence-corrected chi connectivity index (χ2v) is 8.17. The average molecular weight is 363 g/mol. The fraction of sp³-hybridized carbons (Fsp3) is 0.438. The summed E-state index contributed by atoms with van der Waals surface area (Å²) < 4.78 is 28.3. The highest BCUT2D eigenvalue weighted by Gasteiger charge is 2.34. The minimum atomic E-state index is -3.68. The van der Waals surface area contributed by atoms with E-state index in [9.17, 15) is 13.2 Å². The van der Waals surface area contributed by atoms with Crippen molar-refractivity contribution in [2.75, 3.05) is 18.4 Å². The van der Waals surface area contributed by atoms with Gasteiger partial charge in [0.15, 0.2) is 5.03 Å². The van der Waals surface area contributed by atoms with Gasteiger partial charge in [0.25, 0.3) is 10.0 Å². The number of rotatable bonds is 4. The van der Waals surface area contributed by atoms with E-state index in [1.165, 1.54) is 16.8 Å². The zero-order valence-electron chi connectivity index (χ0n) is 14.2. The lowest BCUT2D eigenvalue weighted by Gasteiger charge is -2.30. The SMILES string of the molecule is Cc1ccc(NC(=O)C2CCCN(S(=O)(=O)c3cn(C)cn3)C2)nc1. The van der Waals surface area contributed by atoms with Gasteiger partial charge in [-0.3, -0.25) is 4.79 Å². The van der Waals surface area contributed by atoms with Crippen molar-refractivity contribution in [1.29, 1.82) is 0 Å². The Morgan fingerprint density at radius 1 is 1.32 bits per heavy atom. The third-order valence-corrected chi connectivity index (χ3v) is 5.95. The Morgan fingerprint density at radius 2 is 2.12 bits per heavy atom. The van der Waals surface area contributed by atoms with E-state index in [0.29, 0.717) is 25.2 Å². The molecule has 25 heavy (non-hydrogen) atoms. The van der Waals surface area contributed by atoms with Crippen LogP contribution in [0.4, 0.5) is 5.82 Å². The molecular formula is C16H21N5O3S. The quantitative estimate of drug-likeness (QED) is 0.879. The summed E-state index contributed by atoms with van der Waals surface area (Å²) in [5.74, 6) is -0.145. The molecule has 1 amide bonds. The van der Waals surface area contributed by atoms with E-state index in [-0.39, 0.29) is 17.5 Å². The number of pyridine rings is 1. The van der Waals surface area contributed by atoms with Crippen LogP contribution in [-0.4, -0.2) is 46.3 Å². The Bertz CT molecular complexity index is 860. The monoisotopic (exact) mass is 363 g/mol. The fourth-order valence-corrected chi connectivity index (χ4v) is 4.29. The van der Waals surface area contributed by atoms with Gasteiger partial charge >= 0.3 is 0 Å². The second kappa shape index (κ2) is 6.93. The van der Waals surface area contributed by atoms with Crippen LogP contribution in [0.25, 0.3) is 0 Å². The van der Waals surface area contributed by atoms with Gasteiger partial charge in [-0.15, -0.1) is 0 Å². The highest BCUT2D eigenvalue weighted by atomic mass is 32.2. The van der Waals surface area contributed by atoms with E-state index in [4.69, 9.17) is 0 Å². The van der Waals surface area contributed by atoms with Crippen LogP contribution in [0.2, 0.25) is 0 Å². The smallest absolute Gasteiger partial charge is 0.262 e. The summed E-state index contributed by atoms with van der Waals surface area (Å²) in [6.45, 7) is 2.46. The third-order valence-electron chi connectivity index (χ3n) is 4.20. The third kappa shape index (κ3) is 3.88. The van der Waals surface area contributed by atoms with Gasteiger partial charge < -0.3 is 9.88 Å². The van der Waals surface area contributed by atoms with E-state index in [2.05, 4.69) is 15.3 Å². The number of hydrogen-bond donors (Lipinski definition) is 1. The molecule has 1 fully saturated rings. The van der Waals surface area contributed by atoms with Gasteiger partial charge in [0, 0.05) is 32.5 Å². The number of imidazole rings is 1. The molecule has 2 aromatic rings. The first-order valence-corrected chi connectivity index (χ1v) is 9.52. The number of hydrogen-bond acceptors (Lipinski definition) is 5. The summed E-state index contributed by atoms with van der Waals surface area (Å²) in [6.07, 6.45) is 5.87. The Morgan fingerprint density at radius 3 is 2.76 bits per heavy atom. The summed E-state index contributed by atoms with van der Waals surface area (Å²) in [5, 5.41) is 2.77. The summed E-state index contributed by atoms with van der Waals surface area (Å²) in [6, 6.07) is 3.60. The van der Waals surface area contributed by atoms with Crippen LogP contribution in [0, 0.1) is 12.8 Å². The molecule has 1 unspecified atom stereocenters. The maximum atomic E-state index is 12.7. The van der Waals surface area contributed by atoms with Crippen LogP contribution in [0.15, 0.2) is 35.9 Å². The number of sulfonamides is 1. The van der Waals surface area contributed by atoms with E-state index < -0.39 is 15.9 Å².